The molecule has 0 radical (unpaired) electrons. The topological polar surface area (TPSA) is 147 Å². The molecule has 0 aliphatic heterocycles. The largest absolute Gasteiger partial charge is 0.756 e. The molecule has 0 aromatic rings. The van der Waals surface area contributed by atoms with Gasteiger partial charge in [0, 0.05) is 7.11 Å². The van der Waals surface area contributed by atoms with Crippen molar-refractivity contribution in [2.75, 3.05) is 33.9 Å². The predicted octanol–water partition coefficient (Wildman–Crippen LogP) is -1.07. The lowest BCUT2D eigenvalue weighted by Crippen LogP contribution is -2.12. The Labute approximate surface area is 104 Å². The maximum atomic E-state index is 10.7. The second-order valence-electron chi connectivity index (χ2n) is 2.68. The van der Waals surface area contributed by atoms with Crippen LogP contribution in [0.1, 0.15) is 6.42 Å². The first kappa shape index (κ1) is 18.1. The van der Waals surface area contributed by atoms with Gasteiger partial charge in [-0.1, -0.05) is 0 Å². The lowest BCUT2D eigenvalue weighted by Gasteiger charge is -2.21. The maximum Gasteiger partial charge on any atom is 0.272 e. The molecule has 110 valence electrons. The van der Waals surface area contributed by atoms with E-state index in [0.29, 0.717) is 0 Å². The third-order valence-electron chi connectivity index (χ3n) is 1.42. The van der Waals surface area contributed by atoms with E-state index in [0.717, 1.165) is 7.11 Å². The number of aliphatic hydroxyl groups excluding tert-OH is 1. The van der Waals surface area contributed by atoms with E-state index in [1.807, 2.05) is 0 Å². The lowest BCUT2D eigenvalue weighted by molar-refractivity contribution is -0.238. The Morgan fingerprint density at radius 2 is 1.72 bits per heavy atom. The molecule has 0 bridgehead atoms. The fraction of sp³-hybridized carbons (Fsp3) is 1.00. The Kier molecular flexibility index (Phi) is 9.18. The van der Waals surface area contributed by atoms with Crippen LogP contribution in [0.4, 0.5) is 0 Å². The Morgan fingerprint density at radius 3 is 2.28 bits per heavy atom. The third kappa shape index (κ3) is 10.1. The molecular formula is C6H14O10P2-2. The molecular weight excluding hydrogens is 294 g/mol. The van der Waals surface area contributed by atoms with Crippen LogP contribution in [0.15, 0.2) is 0 Å². The van der Waals surface area contributed by atoms with Gasteiger partial charge in [0.15, 0.2) is 13.6 Å². The minimum Gasteiger partial charge on any atom is -0.756 e. The van der Waals surface area contributed by atoms with Gasteiger partial charge in [-0.2, -0.15) is 0 Å². The van der Waals surface area contributed by atoms with E-state index in [2.05, 4.69) is 18.1 Å². The van der Waals surface area contributed by atoms with E-state index >= 15 is 0 Å². The molecule has 0 rings (SSSR count). The summed E-state index contributed by atoms with van der Waals surface area (Å²) in [6.07, 6.45) is 0.183. The molecule has 0 amide bonds. The number of aliphatic hydroxyl groups is 1. The number of phosphoric ester groups is 2. The molecule has 12 heteroatoms. The number of hydrogen-bond donors (Lipinski definition) is 1. The van der Waals surface area contributed by atoms with Crippen molar-refractivity contribution in [2.45, 2.75) is 6.42 Å². The highest BCUT2D eigenvalue weighted by Crippen LogP contribution is 2.37. The van der Waals surface area contributed by atoms with Gasteiger partial charge in [0.1, 0.15) is 0 Å². The van der Waals surface area contributed by atoms with E-state index in [4.69, 9.17) is 9.84 Å². The Hall–Kier alpha value is 0.140. The van der Waals surface area contributed by atoms with E-state index in [1.54, 1.807) is 0 Å². The smallest absolute Gasteiger partial charge is 0.272 e. The first-order valence-electron chi connectivity index (χ1n) is 4.63. The molecule has 2 unspecified atom stereocenters. The maximum absolute atomic E-state index is 10.7. The van der Waals surface area contributed by atoms with Gasteiger partial charge < -0.3 is 28.7 Å². The van der Waals surface area contributed by atoms with Gasteiger partial charge in [0.2, 0.25) is 0 Å². The molecule has 0 aliphatic rings. The summed E-state index contributed by atoms with van der Waals surface area (Å²) in [5.41, 5.74) is 0. The minimum atomic E-state index is -4.55. The van der Waals surface area contributed by atoms with Crippen LogP contribution in [0.25, 0.3) is 0 Å². The second-order valence-corrected chi connectivity index (χ2v) is 5.61. The van der Waals surface area contributed by atoms with E-state index in [-0.39, 0.29) is 19.6 Å². The summed E-state index contributed by atoms with van der Waals surface area (Å²) in [4.78, 5) is 21.4. The van der Waals surface area contributed by atoms with Gasteiger partial charge in [0.05, 0.1) is 13.2 Å². The molecule has 0 saturated carbocycles. The van der Waals surface area contributed by atoms with Crippen molar-refractivity contribution in [3.05, 3.63) is 0 Å². The highest BCUT2D eigenvalue weighted by Gasteiger charge is 2.08. The fourth-order valence-corrected chi connectivity index (χ4v) is 1.54. The van der Waals surface area contributed by atoms with Crippen LogP contribution < -0.4 is 9.79 Å². The summed E-state index contributed by atoms with van der Waals surface area (Å²) in [5.74, 6) is 0. The first-order valence-corrected chi connectivity index (χ1v) is 7.55. The highest BCUT2D eigenvalue weighted by molar-refractivity contribution is 7.46. The van der Waals surface area contributed by atoms with Crippen molar-refractivity contribution in [1.82, 2.24) is 0 Å². The van der Waals surface area contributed by atoms with Gasteiger partial charge in [0.25, 0.3) is 15.6 Å². The molecule has 0 heterocycles. The highest BCUT2D eigenvalue weighted by atomic mass is 31.2. The molecule has 0 aliphatic carbocycles. The van der Waals surface area contributed by atoms with Crippen molar-refractivity contribution < 1.29 is 46.9 Å². The van der Waals surface area contributed by atoms with Crippen LogP contribution in [0.5, 0.6) is 0 Å². The number of hydrogen-bond acceptors (Lipinski definition) is 10. The lowest BCUT2D eigenvalue weighted by atomic mass is 10.5. The molecule has 18 heavy (non-hydrogen) atoms. The van der Waals surface area contributed by atoms with Crippen molar-refractivity contribution in [2.24, 2.45) is 0 Å². The quantitative estimate of drug-likeness (QED) is 0.284. The van der Waals surface area contributed by atoms with Gasteiger partial charge in [-0.05, 0) is 6.42 Å². The standard InChI is InChI=1S/C6H16O10P2/c1-12-17(8,9)14-4-2-3-13-6-16-18(10,11)15-5-7/h7H,2-6H2,1H3,(H,8,9)(H,10,11)/p-2. The summed E-state index contributed by atoms with van der Waals surface area (Å²) in [6, 6.07) is 0. The molecule has 1 N–H and O–H groups in total. The van der Waals surface area contributed by atoms with Gasteiger partial charge in [-0.15, -0.1) is 0 Å². The van der Waals surface area contributed by atoms with Crippen LogP contribution in [-0.4, -0.2) is 39.0 Å². The minimum absolute atomic E-state index is 0.00282. The van der Waals surface area contributed by atoms with E-state index in [9.17, 15) is 18.9 Å². The normalized spacial score (nSPS) is 18.2. The second kappa shape index (κ2) is 9.11. The summed E-state index contributed by atoms with van der Waals surface area (Å²) >= 11 is 0. The molecule has 0 saturated heterocycles. The van der Waals surface area contributed by atoms with Crippen molar-refractivity contribution in [3.63, 3.8) is 0 Å². The average Bonchev–Trinajstić information content (AvgIpc) is 2.27. The fourth-order valence-electron chi connectivity index (χ4n) is 0.659. The third-order valence-corrected chi connectivity index (χ3v) is 3.22. The van der Waals surface area contributed by atoms with Crippen LogP contribution in [0.3, 0.4) is 0 Å². The van der Waals surface area contributed by atoms with Crippen molar-refractivity contribution in [1.29, 1.82) is 0 Å². The molecule has 2 atom stereocenters. The zero-order chi connectivity index (χ0) is 14.1. The van der Waals surface area contributed by atoms with Crippen LogP contribution in [0, 0.1) is 0 Å². The Bertz CT molecular complexity index is 307. The molecule has 0 aromatic carbocycles. The summed E-state index contributed by atoms with van der Waals surface area (Å²) in [7, 11) is -7.83. The Balaban J connectivity index is 3.47. The van der Waals surface area contributed by atoms with Gasteiger partial charge >= 0.3 is 0 Å². The van der Waals surface area contributed by atoms with Crippen LogP contribution in [0.2, 0.25) is 0 Å². The molecule has 10 nitrogen and oxygen atoms in total. The number of phosphoric acid groups is 2. The number of ether oxygens (including phenoxy) is 1. The summed E-state index contributed by atoms with van der Waals surface area (Å²) in [6.45, 7) is -1.80. The summed E-state index contributed by atoms with van der Waals surface area (Å²) < 4.78 is 42.5. The van der Waals surface area contributed by atoms with Crippen molar-refractivity contribution in [3.8, 4) is 0 Å². The Morgan fingerprint density at radius 1 is 1.06 bits per heavy atom. The average molecular weight is 308 g/mol. The van der Waals surface area contributed by atoms with Gasteiger partial charge in [-0.3, -0.25) is 18.2 Å². The monoisotopic (exact) mass is 308 g/mol. The molecule has 0 fully saturated rings. The van der Waals surface area contributed by atoms with Crippen LogP contribution >= 0.6 is 15.6 Å². The van der Waals surface area contributed by atoms with Gasteiger partial charge in [-0.25, -0.2) is 0 Å². The van der Waals surface area contributed by atoms with Crippen LogP contribution in [-0.2, 0) is 32.0 Å². The zero-order valence-corrected chi connectivity index (χ0v) is 11.3. The number of rotatable bonds is 11. The van der Waals surface area contributed by atoms with E-state index < -0.39 is 29.2 Å². The predicted molar refractivity (Wildman–Crippen MR) is 52.9 cm³/mol. The zero-order valence-electron chi connectivity index (χ0n) is 9.55. The van der Waals surface area contributed by atoms with E-state index in [1.165, 1.54) is 0 Å². The first-order chi connectivity index (χ1) is 8.33. The summed E-state index contributed by atoms with van der Waals surface area (Å²) in [5, 5.41) is 8.17. The molecule has 0 spiro atoms. The van der Waals surface area contributed by atoms with Crippen molar-refractivity contribution >= 4 is 15.6 Å². The SMILES string of the molecule is COP(=O)([O-])OCCCOCOP(=O)([O-])OCO. The molecule has 0 aromatic heterocycles.